The van der Waals surface area contributed by atoms with E-state index in [0.717, 1.165) is 18.4 Å². The highest BCUT2D eigenvalue weighted by atomic mass is 16.6. The number of carbonyl (C=O) groups excluding carboxylic acids is 3. The maximum atomic E-state index is 12.4. The van der Waals surface area contributed by atoms with Crippen molar-refractivity contribution in [1.82, 2.24) is 19.6 Å². The van der Waals surface area contributed by atoms with Gasteiger partial charge in [-0.3, -0.25) is 19.4 Å². The molecule has 0 radical (unpaired) electrons. The number of imidazole rings is 1. The summed E-state index contributed by atoms with van der Waals surface area (Å²) in [7, 11) is 1.61. The molecular formula is C22H29N5O5. The Labute approximate surface area is 186 Å². The Kier molecular flexibility index (Phi) is 5.70. The van der Waals surface area contributed by atoms with E-state index in [-0.39, 0.29) is 24.3 Å². The lowest BCUT2D eigenvalue weighted by Gasteiger charge is -2.34. The van der Waals surface area contributed by atoms with Crippen LogP contribution in [0.25, 0.3) is 5.65 Å². The van der Waals surface area contributed by atoms with Gasteiger partial charge in [0, 0.05) is 37.8 Å². The fourth-order valence-corrected chi connectivity index (χ4v) is 4.24. The number of urea groups is 1. The van der Waals surface area contributed by atoms with Crippen molar-refractivity contribution < 1.29 is 23.9 Å². The molecule has 0 bridgehead atoms. The summed E-state index contributed by atoms with van der Waals surface area (Å²) in [4.78, 5) is 43.9. The minimum absolute atomic E-state index is 0.213. The van der Waals surface area contributed by atoms with E-state index in [4.69, 9.17) is 9.47 Å². The van der Waals surface area contributed by atoms with Crippen molar-refractivity contribution in [3.63, 3.8) is 0 Å². The molecule has 2 saturated heterocycles. The van der Waals surface area contributed by atoms with Crippen molar-refractivity contribution in [3.05, 3.63) is 24.0 Å². The minimum atomic E-state index is -0.515. The Morgan fingerprint density at radius 1 is 1.19 bits per heavy atom. The summed E-state index contributed by atoms with van der Waals surface area (Å²) < 4.78 is 13.0. The average molecular weight is 444 g/mol. The quantitative estimate of drug-likeness (QED) is 0.782. The summed E-state index contributed by atoms with van der Waals surface area (Å²) in [5, 5.41) is 2.33. The van der Waals surface area contributed by atoms with E-state index in [1.807, 2.05) is 33.0 Å². The Hall–Kier alpha value is -3.30. The summed E-state index contributed by atoms with van der Waals surface area (Å²) in [5.41, 5.74) is 1.12. The molecule has 2 fully saturated rings. The van der Waals surface area contributed by atoms with Crippen LogP contribution < -0.4 is 15.0 Å². The average Bonchev–Trinajstić information content (AvgIpc) is 3.16. The molecule has 10 heteroatoms. The molecule has 4 rings (SSSR count). The molecule has 32 heavy (non-hydrogen) atoms. The largest absolute Gasteiger partial charge is 0.493 e. The Bertz CT molecular complexity index is 1050. The topological polar surface area (TPSA) is 105 Å². The van der Waals surface area contributed by atoms with E-state index in [0.29, 0.717) is 36.8 Å². The lowest BCUT2D eigenvalue weighted by atomic mass is 9.89. The van der Waals surface area contributed by atoms with Gasteiger partial charge in [0.25, 0.3) is 0 Å². The number of methoxy groups -OCH3 is 1. The molecular weight excluding hydrogens is 414 g/mol. The number of nitrogens with one attached hydrogen (secondary N) is 1. The third kappa shape index (κ3) is 4.21. The fourth-order valence-electron chi connectivity index (χ4n) is 4.24. The molecule has 0 saturated carbocycles. The van der Waals surface area contributed by atoms with Crippen LogP contribution in [0.1, 0.15) is 51.5 Å². The zero-order valence-electron chi connectivity index (χ0n) is 18.9. The lowest BCUT2D eigenvalue weighted by molar-refractivity contribution is -0.120. The standard InChI is InChI=1S/C22H29N5O5/c1-22(2,3)32-21(30)25-9-5-14(6-10-25)15-7-11-26-17(13-23-19(26)18(15)31-4)27-12-8-16(28)24-20(27)29/h7,11,13-14H,5-6,8-10,12H2,1-4H3,(H,24,28,29). The zero-order valence-corrected chi connectivity index (χ0v) is 18.9. The summed E-state index contributed by atoms with van der Waals surface area (Å²) >= 11 is 0. The highest BCUT2D eigenvalue weighted by Gasteiger charge is 2.31. The van der Waals surface area contributed by atoms with Gasteiger partial charge in [0.1, 0.15) is 11.4 Å². The number of piperidine rings is 1. The summed E-state index contributed by atoms with van der Waals surface area (Å²) in [5.74, 6) is 1.17. The van der Waals surface area contributed by atoms with Gasteiger partial charge in [-0.05, 0) is 45.6 Å². The number of aromatic nitrogens is 2. The molecule has 2 aliphatic heterocycles. The number of pyridine rings is 1. The smallest absolute Gasteiger partial charge is 0.410 e. The van der Waals surface area contributed by atoms with Crippen LogP contribution >= 0.6 is 0 Å². The van der Waals surface area contributed by atoms with Crippen molar-refractivity contribution in [1.29, 1.82) is 0 Å². The molecule has 0 unspecified atom stereocenters. The Morgan fingerprint density at radius 3 is 2.53 bits per heavy atom. The van der Waals surface area contributed by atoms with Gasteiger partial charge in [-0.25, -0.2) is 14.6 Å². The highest BCUT2D eigenvalue weighted by Crippen LogP contribution is 2.38. The molecule has 1 N–H and O–H groups in total. The fraction of sp³-hybridized carbons (Fsp3) is 0.545. The monoisotopic (exact) mass is 443 g/mol. The van der Waals surface area contributed by atoms with Crippen molar-refractivity contribution in [2.45, 2.75) is 51.6 Å². The van der Waals surface area contributed by atoms with Crippen LogP contribution in [-0.4, -0.2) is 64.7 Å². The van der Waals surface area contributed by atoms with E-state index in [1.54, 1.807) is 22.6 Å². The second-order valence-corrected chi connectivity index (χ2v) is 9.11. The molecule has 2 aromatic heterocycles. The molecule has 4 amide bonds. The van der Waals surface area contributed by atoms with Gasteiger partial charge in [-0.15, -0.1) is 0 Å². The number of hydrogen-bond donors (Lipinski definition) is 1. The molecule has 172 valence electrons. The van der Waals surface area contributed by atoms with Gasteiger partial charge in [0.2, 0.25) is 5.91 Å². The van der Waals surface area contributed by atoms with E-state index < -0.39 is 11.6 Å². The number of carbonyl (C=O) groups is 3. The predicted molar refractivity (Wildman–Crippen MR) is 117 cm³/mol. The molecule has 2 aliphatic rings. The molecule has 2 aromatic rings. The Morgan fingerprint density at radius 2 is 1.91 bits per heavy atom. The Balaban J connectivity index is 1.54. The normalized spacial score (nSPS) is 18.1. The molecule has 0 aromatic carbocycles. The van der Waals surface area contributed by atoms with Crippen LogP contribution in [0.15, 0.2) is 18.5 Å². The van der Waals surface area contributed by atoms with Gasteiger partial charge in [-0.1, -0.05) is 0 Å². The van der Waals surface area contributed by atoms with Crippen molar-refractivity contribution in [2.24, 2.45) is 0 Å². The van der Waals surface area contributed by atoms with Crippen LogP contribution in [-0.2, 0) is 9.53 Å². The van der Waals surface area contributed by atoms with E-state index >= 15 is 0 Å². The number of hydrogen-bond acceptors (Lipinski definition) is 6. The number of nitrogens with zero attached hydrogens (tertiary/aromatic N) is 4. The van der Waals surface area contributed by atoms with E-state index in [2.05, 4.69) is 10.3 Å². The van der Waals surface area contributed by atoms with Gasteiger partial charge in [0.15, 0.2) is 11.4 Å². The summed E-state index contributed by atoms with van der Waals surface area (Å²) in [6.45, 7) is 7.10. The van der Waals surface area contributed by atoms with Crippen LogP contribution in [0, 0.1) is 0 Å². The maximum absolute atomic E-state index is 12.4. The molecule has 4 heterocycles. The van der Waals surface area contributed by atoms with Gasteiger partial charge < -0.3 is 14.4 Å². The third-order valence-electron chi connectivity index (χ3n) is 5.77. The summed E-state index contributed by atoms with van der Waals surface area (Å²) in [6.07, 6.45) is 5.02. The first-order chi connectivity index (χ1) is 15.2. The predicted octanol–water partition coefficient (Wildman–Crippen LogP) is 2.90. The second kappa shape index (κ2) is 8.33. The molecule has 0 aliphatic carbocycles. The van der Waals surface area contributed by atoms with E-state index in [1.165, 1.54) is 4.90 Å². The number of fused-ring (bicyclic) bond motifs is 1. The highest BCUT2D eigenvalue weighted by molar-refractivity contribution is 6.05. The van der Waals surface area contributed by atoms with Crippen molar-refractivity contribution in [3.8, 4) is 5.75 Å². The van der Waals surface area contributed by atoms with Crippen LogP contribution in [0.3, 0.4) is 0 Å². The molecule has 10 nitrogen and oxygen atoms in total. The number of imide groups is 1. The van der Waals surface area contributed by atoms with Gasteiger partial charge in [0.05, 0.1) is 13.3 Å². The van der Waals surface area contributed by atoms with Crippen LogP contribution in [0.2, 0.25) is 0 Å². The minimum Gasteiger partial charge on any atom is -0.493 e. The van der Waals surface area contributed by atoms with E-state index in [9.17, 15) is 14.4 Å². The first-order valence-electron chi connectivity index (χ1n) is 10.8. The molecule has 0 spiro atoms. The van der Waals surface area contributed by atoms with Crippen molar-refractivity contribution >= 4 is 29.5 Å². The summed E-state index contributed by atoms with van der Waals surface area (Å²) in [6, 6.07) is 1.53. The lowest BCUT2D eigenvalue weighted by Crippen LogP contribution is -2.50. The number of rotatable bonds is 3. The van der Waals surface area contributed by atoms with Crippen molar-refractivity contribution in [2.75, 3.05) is 31.6 Å². The number of ether oxygens (including phenoxy) is 2. The second-order valence-electron chi connectivity index (χ2n) is 9.11. The SMILES string of the molecule is COc1c(C2CCN(C(=O)OC(C)(C)C)CC2)ccn2c(N3CCC(=O)NC3=O)cnc12. The maximum Gasteiger partial charge on any atom is 0.410 e. The first-order valence-corrected chi connectivity index (χ1v) is 10.8. The molecule has 0 atom stereocenters. The third-order valence-corrected chi connectivity index (χ3v) is 5.77. The number of anilines is 1. The first kappa shape index (κ1) is 21.9. The number of amides is 4. The van der Waals surface area contributed by atoms with Gasteiger partial charge >= 0.3 is 12.1 Å². The zero-order chi connectivity index (χ0) is 23.0. The number of likely N-dealkylation sites (tertiary alicyclic amines) is 1. The van der Waals surface area contributed by atoms with Crippen LogP contribution in [0.5, 0.6) is 5.75 Å². The van der Waals surface area contributed by atoms with Crippen LogP contribution in [0.4, 0.5) is 15.4 Å². The van der Waals surface area contributed by atoms with Gasteiger partial charge in [-0.2, -0.15) is 0 Å².